The first-order chi connectivity index (χ1) is 13.0. The maximum atomic E-state index is 6.51. The number of benzene rings is 2. The van der Waals surface area contributed by atoms with Crippen LogP contribution >= 0.6 is 11.6 Å². The van der Waals surface area contributed by atoms with Crippen LogP contribution in [0.25, 0.3) is 0 Å². The summed E-state index contributed by atoms with van der Waals surface area (Å²) >= 11 is 6.51. The lowest BCUT2D eigenvalue weighted by Gasteiger charge is -2.16. The van der Waals surface area contributed by atoms with E-state index in [9.17, 15) is 0 Å². The van der Waals surface area contributed by atoms with Gasteiger partial charge < -0.3 is 19.7 Å². The molecule has 0 aromatic heterocycles. The molecule has 0 unspecified atom stereocenters. The van der Waals surface area contributed by atoms with E-state index in [1.807, 2.05) is 31.2 Å². The van der Waals surface area contributed by atoms with Crippen molar-refractivity contribution in [3.8, 4) is 11.5 Å². The zero-order valence-electron chi connectivity index (χ0n) is 16.8. The number of nitrogens with one attached hydrogen (secondary N) is 1. The molecule has 0 fully saturated rings. The monoisotopic (exact) mass is 390 g/mol. The van der Waals surface area contributed by atoms with Gasteiger partial charge in [0.2, 0.25) is 0 Å². The van der Waals surface area contributed by atoms with Gasteiger partial charge in [-0.1, -0.05) is 41.4 Å². The van der Waals surface area contributed by atoms with E-state index in [0.29, 0.717) is 29.7 Å². The van der Waals surface area contributed by atoms with Crippen LogP contribution in [0.15, 0.2) is 36.4 Å². The Kier molecular flexibility index (Phi) is 8.92. The summed E-state index contributed by atoms with van der Waals surface area (Å²) in [5.74, 6) is 1.30. The van der Waals surface area contributed by atoms with Crippen molar-refractivity contribution in [3.05, 3.63) is 58.1 Å². The van der Waals surface area contributed by atoms with Gasteiger partial charge in [0.15, 0.2) is 11.5 Å². The Morgan fingerprint density at radius 2 is 1.89 bits per heavy atom. The van der Waals surface area contributed by atoms with Gasteiger partial charge in [0, 0.05) is 6.54 Å². The SMILES string of the molecule is CCOc1cc(CNCCCN(C)C)cc(Cl)c1OCc1cccc(C)c1. The Labute approximate surface area is 168 Å². The molecule has 4 nitrogen and oxygen atoms in total. The van der Waals surface area contributed by atoms with E-state index in [1.54, 1.807) is 0 Å². The minimum atomic E-state index is 0.462. The standard InChI is InChI=1S/C22H31ClN2O2/c1-5-26-21-14-19(15-24-10-7-11-25(3)4)13-20(23)22(21)27-16-18-9-6-8-17(2)12-18/h6,8-9,12-14,24H,5,7,10-11,15-16H2,1-4H3. The van der Waals surface area contributed by atoms with Crippen molar-refractivity contribution in [2.24, 2.45) is 0 Å². The van der Waals surface area contributed by atoms with Crippen molar-refractivity contribution in [1.29, 1.82) is 0 Å². The highest BCUT2D eigenvalue weighted by Crippen LogP contribution is 2.37. The van der Waals surface area contributed by atoms with E-state index < -0.39 is 0 Å². The van der Waals surface area contributed by atoms with Gasteiger partial charge >= 0.3 is 0 Å². The summed E-state index contributed by atoms with van der Waals surface area (Å²) in [5, 5.41) is 4.04. The molecule has 0 heterocycles. The lowest BCUT2D eigenvalue weighted by Crippen LogP contribution is -2.21. The molecule has 27 heavy (non-hydrogen) atoms. The number of rotatable bonds is 11. The molecule has 0 aliphatic rings. The number of hydrogen-bond acceptors (Lipinski definition) is 4. The first-order valence-electron chi connectivity index (χ1n) is 9.48. The Bertz CT molecular complexity index is 719. The van der Waals surface area contributed by atoms with Crippen LogP contribution in [0.4, 0.5) is 0 Å². The lowest BCUT2D eigenvalue weighted by molar-refractivity contribution is 0.269. The van der Waals surface area contributed by atoms with Crippen LogP contribution in [0.2, 0.25) is 5.02 Å². The third-order valence-corrected chi connectivity index (χ3v) is 4.40. The Balaban J connectivity index is 2.01. The molecule has 148 valence electrons. The predicted octanol–water partition coefficient (Wildman–Crippen LogP) is 4.67. The Morgan fingerprint density at radius 3 is 2.59 bits per heavy atom. The number of hydrogen-bond donors (Lipinski definition) is 1. The molecule has 0 atom stereocenters. The predicted molar refractivity (Wildman–Crippen MR) is 113 cm³/mol. The molecule has 0 saturated heterocycles. The van der Waals surface area contributed by atoms with Crippen molar-refractivity contribution < 1.29 is 9.47 Å². The molecule has 5 heteroatoms. The average Bonchev–Trinajstić information content (AvgIpc) is 2.61. The van der Waals surface area contributed by atoms with Crippen LogP contribution in [0.3, 0.4) is 0 Å². The maximum absolute atomic E-state index is 6.51. The molecule has 0 saturated carbocycles. The smallest absolute Gasteiger partial charge is 0.180 e. The zero-order valence-corrected chi connectivity index (χ0v) is 17.6. The fourth-order valence-electron chi connectivity index (χ4n) is 2.84. The van der Waals surface area contributed by atoms with E-state index in [4.69, 9.17) is 21.1 Å². The number of aryl methyl sites for hydroxylation is 1. The third kappa shape index (κ3) is 7.41. The van der Waals surface area contributed by atoms with E-state index in [-0.39, 0.29) is 0 Å². The van der Waals surface area contributed by atoms with Crippen molar-refractivity contribution in [3.63, 3.8) is 0 Å². The topological polar surface area (TPSA) is 33.7 Å². The summed E-state index contributed by atoms with van der Waals surface area (Å²) in [7, 11) is 4.17. The molecule has 0 aliphatic carbocycles. The summed E-state index contributed by atoms with van der Waals surface area (Å²) in [6, 6.07) is 12.2. The van der Waals surface area contributed by atoms with Gasteiger partial charge in [-0.3, -0.25) is 0 Å². The van der Waals surface area contributed by atoms with Gasteiger partial charge in [-0.15, -0.1) is 0 Å². The highest BCUT2D eigenvalue weighted by molar-refractivity contribution is 6.32. The largest absolute Gasteiger partial charge is 0.490 e. The molecule has 2 rings (SSSR count). The van der Waals surface area contributed by atoms with Crippen LogP contribution < -0.4 is 14.8 Å². The van der Waals surface area contributed by atoms with Crippen molar-refractivity contribution >= 4 is 11.6 Å². The van der Waals surface area contributed by atoms with Crippen molar-refractivity contribution in [2.45, 2.75) is 33.4 Å². The fraction of sp³-hybridized carbons (Fsp3) is 0.455. The summed E-state index contributed by atoms with van der Waals surface area (Å²) < 4.78 is 11.8. The molecule has 2 aromatic rings. The van der Waals surface area contributed by atoms with Crippen LogP contribution in [-0.4, -0.2) is 38.7 Å². The quantitative estimate of drug-likeness (QED) is 0.565. The Hall–Kier alpha value is -1.75. The highest BCUT2D eigenvalue weighted by atomic mass is 35.5. The van der Waals surface area contributed by atoms with Gasteiger partial charge in [-0.2, -0.15) is 0 Å². The molecule has 0 amide bonds. The van der Waals surface area contributed by atoms with E-state index in [0.717, 1.165) is 37.2 Å². The second-order valence-corrected chi connectivity index (χ2v) is 7.36. The van der Waals surface area contributed by atoms with Gasteiger partial charge in [-0.25, -0.2) is 0 Å². The fourth-order valence-corrected chi connectivity index (χ4v) is 3.12. The molecule has 2 aromatic carbocycles. The van der Waals surface area contributed by atoms with Crippen LogP contribution in [-0.2, 0) is 13.2 Å². The average molecular weight is 391 g/mol. The molecule has 0 radical (unpaired) electrons. The second-order valence-electron chi connectivity index (χ2n) is 6.95. The van der Waals surface area contributed by atoms with Crippen LogP contribution in [0.1, 0.15) is 30.0 Å². The minimum absolute atomic E-state index is 0.462. The first kappa shape index (κ1) is 21.5. The van der Waals surface area contributed by atoms with Gasteiger partial charge in [0.25, 0.3) is 0 Å². The minimum Gasteiger partial charge on any atom is -0.490 e. The zero-order chi connectivity index (χ0) is 19.6. The molecule has 0 spiro atoms. The van der Waals surface area contributed by atoms with Crippen LogP contribution in [0.5, 0.6) is 11.5 Å². The second kappa shape index (κ2) is 11.2. The van der Waals surface area contributed by atoms with Crippen LogP contribution in [0, 0.1) is 6.92 Å². The molecule has 0 bridgehead atoms. The van der Waals surface area contributed by atoms with Crippen molar-refractivity contribution in [1.82, 2.24) is 10.2 Å². The van der Waals surface area contributed by atoms with Gasteiger partial charge in [0.05, 0.1) is 11.6 Å². The Morgan fingerprint density at radius 1 is 1.07 bits per heavy atom. The number of nitrogens with zero attached hydrogens (tertiary/aromatic N) is 1. The summed E-state index contributed by atoms with van der Waals surface area (Å²) in [6.45, 7) is 7.85. The molecule has 1 N–H and O–H groups in total. The molecule has 0 aliphatic heterocycles. The van der Waals surface area contributed by atoms with Gasteiger partial charge in [-0.05, 0) is 70.7 Å². The molecular formula is C22H31ClN2O2. The first-order valence-corrected chi connectivity index (χ1v) is 9.86. The normalized spacial score (nSPS) is 11.0. The van der Waals surface area contributed by atoms with E-state index >= 15 is 0 Å². The maximum Gasteiger partial charge on any atom is 0.180 e. The summed E-state index contributed by atoms with van der Waals surface area (Å²) in [4.78, 5) is 2.19. The van der Waals surface area contributed by atoms with Crippen molar-refractivity contribution in [2.75, 3.05) is 33.8 Å². The van der Waals surface area contributed by atoms with E-state index in [1.165, 1.54) is 5.56 Å². The van der Waals surface area contributed by atoms with Gasteiger partial charge in [0.1, 0.15) is 6.61 Å². The van der Waals surface area contributed by atoms with E-state index in [2.05, 4.69) is 43.4 Å². The highest BCUT2D eigenvalue weighted by Gasteiger charge is 2.13. The summed E-state index contributed by atoms with van der Waals surface area (Å²) in [6.07, 6.45) is 1.11. The number of ether oxygens (including phenoxy) is 2. The number of halogens is 1. The lowest BCUT2D eigenvalue weighted by atomic mass is 10.1. The summed E-state index contributed by atoms with van der Waals surface area (Å²) in [5.41, 5.74) is 3.42. The third-order valence-electron chi connectivity index (χ3n) is 4.12. The molecular weight excluding hydrogens is 360 g/mol.